The maximum atomic E-state index is 13.0. The van der Waals surface area contributed by atoms with Gasteiger partial charge in [0.15, 0.2) is 0 Å². The number of nitriles is 1. The molecule has 29 heavy (non-hydrogen) atoms. The topological polar surface area (TPSA) is 76.4 Å². The van der Waals surface area contributed by atoms with E-state index >= 15 is 0 Å². The normalized spacial score (nSPS) is 11.3. The Hall–Kier alpha value is -3.78. The van der Waals surface area contributed by atoms with Gasteiger partial charge in [-0.3, -0.25) is 4.79 Å². The number of hydrogen-bond acceptors (Lipinski definition) is 4. The number of nitrogens with zero attached hydrogens (tertiary/aromatic N) is 2. The van der Waals surface area contributed by atoms with Crippen molar-refractivity contribution in [3.05, 3.63) is 84.1 Å². The van der Waals surface area contributed by atoms with Crippen LogP contribution in [0.4, 0.5) is 5.69 Å². The Morgan fingerprint density at radius 3 is 2.45 bits per heavy atom. The lowest BCUT2D eigenvalue weighted by Gasteiger charge is -2.26. The number of fused-ring (bicyclic) bond motifs is 1. The molecule has 5 nitrogen and oxygen atoms in total. The largest absolute Gasteiger partial charge is 0.507 e. The summed E-state index contributed by atoms with van der Waals surface area (Å²) < 4.78 is 0. The van der Waals surface area contributed by atoms with E-state index in [1.165, 1.54) is 6.20 Å². The molecule has 0 saturated carbocycles. The Bertz CT molecular complexity index is 1080. The van der Waals surface area contributed by atoms with Crippen LogP contribution in [-0.4, -0.2) is 22.0 Å². The molecule has 3 aromatic rings. The number of benzene rings is 3. The van der Waals surface area contributed by atoms with Gasteiger partial charge in [0.1, 0.15) is 17.4 Å². The summed E-state index contributed by atoms with van der Waals surface area (Å²) >= 11 is 0. The van der Waals surface area contributed by atoms with Gasteiger partial charge in [0.2, 0.25) is 0 Å². The summed E-state index contributed by atoms with van der Waals surface area (Å²) in [5.74, 6) is -0.150. The van der Waals surface area contributed by atoms with Gasteiger partial charge in [-0.2, -0.15) is 5.26 Å². The molecule has 0 aliphatic rings. The first-order valence-corrected chi connectivity index (χ1v) is 9.43. The molecule has 0 saturated heterocycles. The van der Waals surface area contributed by atoms with Gasteiger partial charge in [-0.25, -0.2) is 0 Å². The molecule has 0 spiro atoms. The summed E-state index contributed by atoms with van der Waals surface area (Å²) in [5, 5.41) is 24.2. The molecule has 0 unspecified atom stereocenters. The summed E-state index contributed by atoms with van der Waals surface area (Å²) in [6.07, 6.45) is 1.43. The van der Waals surface area contributed by atoms with Gasteiger partial charge in [0, 0.05) is 35.2 Å². The average Bonchev–Trinajstić information content (AvgIpc) is 2.73. The molecule has 2 N–H and O–H groups in total. The first-order valence-electron chi connectivity index (χ1n) is 9.43. The Morgan fingerprint density at radius 1 is 1.07 bits per heavy atom. The molecule has 0 aromatic heterocycles. The predicted molar refractivity (Wildman–Crippen MR) is 115 cm³/mol. The van der Waals surface area contributed by atoms with Gasteiger partial charge in [0.25, 0.3) is 5.91 Å². The highest BCUT2D eigenvalue weighted by molar-refractivity contribution is 6.00. The summed E-state index contributed by atoms with van der Waals surface area (Å²) in [7, 11) is 0. The summed E-state index contributed by atoms with van der Waals surface area (Å²) in [6.45, 7) is 4.28. The predicted octanol–water partition coefficient (Wildman–Crippen LogP) is 4.80. The van der Waals surface area contributed by atoms with Crippen LogP contribution < -0.4 is 5.32 Å². The Morgan fingerprint density at radius 2 is 1.76 bits per heavy atom. The van der Waals surface area contributed by atoms with Crippen LogP contribution in [0.15, 0.2) is 78.5 Å². The first kappa shape index (κ1) is 20.0. The van der Waals surface area contributed by atoms with Gasteiger partial charge in [-0.1, -0.05) is 54.6 Å². The number of aromatic hydroxyl groups is 1. The van der Waals surface area contributed by atoms with Crippen LogP contribution in [0.3, 0.4) is 0 Å². The van der Waals surface area contributed by atoms with Crippen molar-refractivity contribution in [2.45, 2.75) is 26.4 Å². The van der Waals surface area contributed by atoms with Crippen LogP contribution in [0.25, 0.3) is 10.8 Å². The smallest absolute Gasteiger partial charge is 0.266 e. The van der Waals surface area contributed by atoms with E-state index in [1.807, 2.05) is 74.5 Å². The number of phenolic OH excluding ortho intramolecular Hbond substituents is 1. The van der Waals surface area contributed by atoms with Crippen molar-refractivity contribution in [2.75, 3.05) is 5.32 Å². The van der Waals surface area contributed by atoms with E-state index in [9.17, 15) is 15.2 Å². The fraction of sp³-hybridized carbons (Fsp3) is 0.167. The number of carbonyl (C=O) groups is 1. The van der Waals surface area contributed by atoms with Crippen molar-refractivity contribution in [1.29, 1.82) is 5.26 Å². The van der Waals surface area contributed by atoms with Crippen LogP contribution in [-0.2, 0) is 11.3 Å². The minimum Gasteiger partial charge on any atom is -0.507 e. The van der Waals surface area contributed by atoms with Crippen LogP contribution >= 0.6 is 0 Å². The van der Waals surface area contributed by atoms with E-state index < -0.39 is 0 Å². The highest BCUT2D eigenvalue weighted by Gasteiger charge is 2.21. The number of anilines is 1. The molecular weight excluding hydrogens is 362 g/mol. The highest BCUT2D eigenvalue weighted by Crippen LogP contribution is 2.29. The second kappa shape index (κ2) is 8.94. The van der Waals surface area contributed by atoms with Gasteiger partial charge >= 0.3 is 0 Å². The molecule has 5 heteroatoms. The van der Waals surface area contributed by atoms with Gasteiger partial charge in [-0.05, 0) is 31.5 Å². The molecule has 0 aliphatic heterocycles. The van der Waals surface area contributed by atoms with Crippen molar-refractivity contribution >= 4 is 22.4 Å². The maximum Gasteiger partial charge on any atom is 0.266 e. The van der Waals surface area contributed by atoms with E-state index in [1.54, 1.807) is 17.0 Å². The third-order valence-electron chi connectivity index (χ3n) is 4.70. The number of phenols is 1. The zero-order valence-corrected chi connectivity index (χ0v) is 16.5. The number of nitrogens with one attached hydrogen (secondary N) is 1. The second-order valence-corrected chi connectivity index (χ2v) is 7.00. The quantitative estimate of drug-likeness (QED) is 0.472. The van der Waals surface area contributed by atoms with Crippen LogP contribution in [0, 0.1) is 11.3 Å². The van der Waals surface area contributed by atoms with E-state index in [2.05, 4.69) is 5.32 Å². The van der Waals surface area contributed by atoms with Gasteiger partial charge in [-0.15, -0.1) is 0 Å². The van der Waals surface area contributed by atoms with Crippen LogP contribution in [0.2, 0.25) is 0 Å². The van der Waals surface area contributed by atoms with E-state index in [0.717, 1.165) is 10.9 Å². The number of carbonyl (C=O) groups excluding carboxylic acids is 1. The van der Waals surface area contributed by atoms with E-state index in [4.69, 9.17) is 0 Å². The first-order chi connectivity index (χ1) is 14.0. The van der Waals surface area contributed by atoms with E-state index in [0.29, 0.717) is 17.6 Å². The maximum absolute atomic E-state index is 13.0. The Balaban J connectivity index is 1.86. The number of amides is 1. The molecule has 3 aromatic carbocycles. The standard InChI is InChI=1S/C24H23N3O2/c1-17(2)27(16-18-8-4-3-5-9-18)24(29)19(14-25)15-26-22-12-6-11-21-20(22)10-7-13-23(21)28/h3-13,15,17,26,28H,16H2,1-2H3/b19-15-. The molecule has 0 radical (unpaired) electrons. The van der Waals surface area contributed by atoms with Crippen molar-refractivity contribution in [3.8, 4) is 11.8 Å². The van der Waals surface area contributed by atoms with Crippen molar-refractivity contribution in [1.82, 2.24) is 4.90 Å². The average molecular weight is 385 g/mol. The molecule has 146 valence electrons. The lowest BCUT2D eigenvalue weighted by Crippen LogP contribution is -2.37. The Labute approximate surface area is 170 Å². The molecule has 0 bridgehead atoms. The lowest BCUT2D eigenvalue weighted by atomic mass is 10.1. The zero-order valence-electron chi connectivity index (χ0n) is 16.5. The van der Waals surface area contributed by atoms with Gasteiger partial charge in [0.05, 0.1) is 0 Å². The summed E-state index contributed by atoms with van der Waals surface area (Å²) in [5.41, 5.74) is 1.73. The third-order valence-corrected chi connectivity index (χ3v) is 4.70. The molecule has 0 fully saturated rings. The van der Waals surface area contributed by atoms with Crippen molar-refractivity contribution in [2.24, 2.45) is 0 Å². The van der Waals surface area contributed by atoms with Crippen molar-refractivity contribution < 1.29 is 9.90 Å². The minimum atomic E-state index is -0.332. The third kappa shape index (κ3) is 4.56. The molecule has 0 aliphatic carbocycles. The molecule has 1 amide bonds. The lowest BCUT2D eigenvalue weighted by molar-refractivity contribution is -0.129. The second-order valence-electron chi connectivity index (χ2n) is 7.00. The minimum absolute atomic E-state index is 0.0202. The van der Waals surface area contributed by atoms with Crippen LogP contribution in [0.1, 0.15) is 19.4 Å². The SMILES string of the molecule is CC(C)N(Cc1ccccc1)C(=O)/C(C#N)=C\Nc1cccc2c(O)cccc12. The Kier molecular flexibility index (Phi) is 6.16. The number of hydrogen-bond donors (Lipinski definition) is 2. The monoisotopic (exact) mass is 385 g/mol. The van der Waals surface area contributed by atoms with Gasteiger partial charge < -0.3 is 15.3 Å². The highest BCUT2D eigenvalue weighted by atomic mass is 16.3. The molecular formula is C24H23N3O2. The fourth-order valence-corrected chi connectivity index (χ4v) is 3.13. The fourth-order valence-electron chi connectivity index (χ4n) is 3.13. The zero-order chi connectivity index (χ0) is 20.8. The molecule has 0 atom stereocenters. The number of rotatable bonds is 6. The summed E-state index contributed by atoms with van der Waals surface area (Å²) in [4.78, 5) is 14.7. The van der Waals surface area contributed by atoms with Crippen LogP contribution in [0.5, 0.6) is 5.75 Å². The van der Waals surface area contributed by atoms with Crippen molar-refractivity contribution in [3.63, 3.8) is 0 Å². The van der Waals surface area contributed by atoms with E-state index in [-0.39, 0.29) is 23.3 Å². The summed E-state index contributed by atoms with van der Waals surface area (Å²) in [6, 6.07) is 22.4. The molecule has 3 rings (SSSR count). The molecule has 0 heterocycles.